The van der Waals surface area contributed by atoms with Gasteiger partial charge in [0.05, 0.1) is 10.7 Å². The van der Waals surface area contributed by atoms with E-state index < -0.39 is 0 Å². The third-order valence-corrected chi connectivity index (χ3v) is 3.01. The quantitative estimate of drug-likeness (QED) is 0.883. The molecule has 1 aromatic carbocycles. The minimum Gasteiger partial charge on any atom is -0.307 e. The molecule has 1 N–H and O–H groups in total. The van der Waals surface area contributed by atoms with Crippen molar-refractivity contribution in [2.45, 2.75) is 20.0 Å². The fourth-order valence-electron chi connectivity index (χ4n) is 1.47. The number of nitrogens with one attached hydrogen (secondary N) is 1. The smallest absolute Gasteiger partial charge is 0.123 e. The normalized spacial score (nSPS) is 10.6. The molecule has 0 aliphatic rings. The van der Waals surface area contributed by atoms with Gasteiger partial charge in [-0.25, -0.2) is 9.37 Å². The van der Waals surface area contributed by atoms with E-state index in [1.807, 2.05) is 18.4 Å². The largest absolute Gasteiger partial charge is 0.307 e. The van der Waals surface area contributed by atoms with E-state index in [1.54, 1.807) is 23.5 Å². The molecule has 0 atom stereocenters. The van der Waals surface area contributed by atoms with E-state index in [9.17, 15) is 4.39 Å². The zero-order valence-corrected chi connectivity index (χ0v) is 9.85. The molecule has 0 radical (unpaired) electrons. The van der Waals surface area contributed by atoms with Gasteiger partial charge < -0.3 is 5.32 Å². The SMILES string of the molecule is Cc1nc(CNCc2cccc(F)c2)cs1. The average Bonchev–Trinajstić information content (AvgIpc) is 2.64. The van der Waals surface area contributed by atoms with Crippen LogP contribution in [0.15, 0.2) is 29.6 Å². The van der Waals surface area contributed by atoms with Gasteiger partial charge in [-0.15, -0.1) is 11.3 Å². The molecule has 0 amide bonds. The summed E-state index contributed by atoms with van der Waals surface area (Å²) in [6, 6.07) is 6.62. The molecule has 1 heterocycles. The number of halogens is 1. The Morgan fingerprint density at radius 1 is 1.38 bits per heavy atom. The molecular weight excluding hydrogens is 223 g/mol. The fraction of sp³-hybridized carbons (Fsp3) is 0.250. The number of hydrogen-bond acceptors (Lipinski definition) is 3. The third-order valence-electron chi connectivity index (χ3n) is 2.19. The Bertz CT molecular complexity index is 468. The molecule has 0 saturated heterocycles. The minimum absolute atomic E-state index is 0.191. The van der Waals surface area contributed by atoms with Crippen LogP contribution < -0.4 is 5.32 Å². The van der Waals surface area contributed by atoms with E-state index in [-0.39, 0.29) is 5.82 Å². The molecule has 0 saturated carbocycles. The number of nitrogens with zero attached hydrogens (tertiary/aromatic N) is 1. The van der Waals surface area contributed by atoms with Gasteiger partial charge in [0.1, 0.15) is 5.82 Å². The number of aromatic nitrogens is 1. The van der Waals surface area contributed by atoms with Crippen molar-refractivity contribution in [1.29, 1.82) is 0 Å². The lowest BCUT2D eigenvalue weighted by Crippen LogP contribution is -2.12. The van der Waals surface area contributed by atoms with Gasteiger partial charge in [-0.1, -0.05) is 12.1 Å². The lowest BCUT2D eigenvalue weighted by molar-refractivity contribution is 0.619. The molecule has 1 aromatic heterocycles. The summed E-state index contributed by atoms with van der Waals surface area (Å²) >= 11 is 1.64. The Balaban J connectivity index is 1.84. The van der Waals surface area contributed by atoms with Crippen LogP contribution in [0.1, 0.15) is 16.3 Å². The van der Waals surface area contributed by atoms with Crippen LogP contribution in [0.4, 0.5) is 4.39 Å². The summed E-state index contributed by atoms with van der Waals surface area (Å²) in [5.74, 6) is -0.191. The highest BCUT2D eigenvalue weighted by molar-refractivity contribution is 7.09. The van der Waals surface area contributed by atoms with E-state index >= 15 is 0 Å². The summed E-state index contributed by atoms with van der Waals surface area (Å²) in [7, 11) is 0. The highest BCUT2D eigenvalue weighted by atomic mass is 32.1. The standard InChI is InChI=1S/C12H13FN2S/c1-9-15-12(8-16-9)7-14-6-10-3-2-4-11(13)5-10/h2-5,8,14H,6-7H2,1H3. The van der Waals surface area contributed by atoms with Crippen LogP contribution in [0.5, 0.6) is 0 Å². The predicted octanol–water partition coefficient (Wildman–Crippen LogP) is 2.88. The first kappa shape index (κ1) is 11.2. The molecule has 0 aliphatic carbocycles. The van der Waals surface area contributed by atoms with Crippen molar-refractivity contribution >= 4 is 11.3 Å². The summed E-state index contributed by atoms with van der Waals surface area (Å²) in [5.41, 5.74) is 1.99. The van der Waals surface area contributed by atoms with Gasteiger partial charge in [0.2, 0.25) is 0 Å². The zero-order chi connectivity index (χ0) is 11.4. The van der Waals surface area contributed by atoms with E-state index in [1.165, 1.54) is 6.07 Å². The highest BCUT2D eigenvalue weighted by Crippen LogP contribution is 2.08. The van der Waals surface area contributed by atoms with Crippen molar-refractivity contribution in [2.75, 3.05) is 0 Å². The second kappa shape index (κ2) is 5.18. The second-order valence-electron chi connectivity index (χ2n) is 3.59. The van der Waals surface area contributed by atoms with Gasteiger partial charge >= 0.3 is 0 Å². The molecule has 2 rings (SSSR count). The van der Waals surface area contributed by atoms with Gasteiger partial charge in [-0.3, -0.25) is 0 Å². The molecule has 0 fully saturated rings. The van der Waals surface area contributed by atoms with Crippen molar-refractivity contribution in [3.05, 3.63) is 51.7 Å². The molecule has 2 nitrogen and oxygen atoms in total. The number of rotatable bonds is 4. The molecule has 0 spiro atoms. The summed E-state index contributed by atoms with van der Waals surface area (Å²) in [6.45, 7) is 3.37. The monoisotopic (exact) mass is 236 g/mol. The molecule has 0 unspecified atom stereocenters. The second-order valence-corrected chi connectivity index (χ2v) is 4.65. The lowest BCUT2D eigenvalue weighted by Gasteiger charge is -2.02. The van der Waals surface area contributed by atoms with Crippen LogP contribution in [0.3, 0.4) is 0 Å². The molecule has 84 valence electrons. The zero-order valence-electron chi connectivity index (χ0n) is 9.03. The van der Waals surface area contributed by atoms with Gasteiger partial charge in [-0.05, 0) is 24.6 Å². The maximum absolute atomic E-state index is 12.9. The summed E-state index contributed by atoms with van der Waals surface area (Å²) in [5, 5.41) is 6.34. The van der Waals surface area contributed by atoms with Crippen molar-refractivity contribution < 1.29 is 4.39 Å². The van der Waals surface area contributed by atoms with Crippen LogP contribution in [-0.2, 0) is 13.1 Å². The van der Waals surface area contributed by atoms with Crippen LogP contribution in [-0.4, -0.2) is 4.98 Å². The van der Waals surface area contributed by atoms with E-state index in [2.05, 4.69) is 10.3 Å². The number of hydrogen-bond donors (Lipinski definition) is 1. The number of thiazole rings is 1. The predicted molar refractivity (Wildman–Crippen MR) is 63.8 cm³/mol. The van der Waals surface area contributed by atoms with Gasteiger partial charge in [-0.2, -0.15) is 0 Å². The van der Waals surface area contributed by atoms with Crippen molar-refractivity contribution in [3.63, 3.8) is 0 Å². The number of benzene rings is 1. The number of aryl methyl sites for hydroxylation is 1. The van der Waals surface area contributed by atoms with Gasteiger partial charge in [0, 0.05) is 18.5 Å². The first-order valence-electron chi connectivity index (χ1n) is 5.10. The van der Waals surface area contributed by atoms with E-state index in [4.69, 9.17) is 0 Å². The van der Waals surface area contributed by atoms with Crippen LogP contribution in [0.2, 0.25) is 0 Å². The van der Waals surface area contributed by atoms with Gasteiger partial charge in [0.15, 0.2) is 0 Å². The maximum Gasteiger partial charge on any atom is 0.123 e. The fourth-order valence-corrected chi connectivity index (χ4v) is 2.08. The van der Waals surface area contributed by atoms with Crippen LogP contribution in [0, 0.1) is 12.7 Å². The minimum atomic E-state index is -0.191. The van der Waals surface area contributed by atoms with Crippen molar-refractivity contribution in [2.24, 2.45) is 0 Å². The average molecular weight is 236 g/mol. The Morgan fingerprint density at radius 2 is 2.25 bits per heavy atom. The molecular formula is C12H13FN2S. The highest BCUT2D eigenvalue weighted by Gasteiger charge is 1.98. The summed E-state index contributed by atoms with van der Waals surface area (Å²) in [6.07, 6.45) is 0. The van der Waals surface area contributed by atoms with Crippen molar-refractivity contribution in [1.82, 2.24) is 10.3 Å². The van der Waals surface area contributed by atoms with Crippen LogP contribution >= 0.6 is 11.3 Å². The topological polar surface area (TPSA) is 24.9 Å². The molecule has 4 heteroatoms. The van der Waals surface area contributed by atoms with Crippen LogP contribution in [0.25, 0.3) is 0 Å². The van der Waals surface area contributed by atoms with Gasteiger partial charge in [0.25, 0.3) is 0 Å². The first-order valence-corrected chi connectivity index (χ1v) is 5.98. The Labute approximate surface area is 98.2 Å². The Morgan fingerprint density at radius 3 is 2.94 bits per heavy atom. The molecule has 2 aromatic rings. The van der Waals surface area contributed by atoms with Crippen molar-refractivity contribution in [3.8, 4) is 0 Å². The molecule has 16 heavy (non-hydrogen) atoms. The Kier molecular flexibility index (Phi) is 3.64. The first-order chi connectivity index (χ1) is 7.74. The van der Waals surface area contributed by atoms with E-state index in [0.717, 1.165) is 22.8 Å². The summed E-state index contributed by atoms with van der Waals surface area (Å²) in [4.78, 5) is 4.34. The molecule has 0 aliphatic heterocycles. The Hall–Kier alpha value is -1.26. The summed E-state index contributed by atoms with van der Waals surface area (Å²) < 4.78 is 12.9. The maximum atomic E-state index is 12.9. The molecule has 0 bridgehead atoms. The van der Waals surface area contributed by atoms with E-state index in [0.29, 0.717) is 6.54 Å². The third kappa shape index (κ3) is 3.12. The lowest BCUT2D eigenvalue weighted by atomic mass is 10.2.